The molecule has 0 unspecified atom stereocenters. The van der Waals surface area contributed by atoms with Crippen LogP contribution in [0.3, 0.4) is 0 Å². The monoisotopic (exact) mass is 222 g/mol. The smallest absolute Gasteiger partial charge is 0.164 e. The van der Waals surface area contributed by atoms with Crippen molar-refractivity contribution in [2.24, 2.45) is 5.92 Å². The molecule has 0 saturated heterocycles. The number of aromatic nitrogens is 3. The molecule has 4 nitrogen and oxygen atoms in total. The molecule has 1 heterocycles. The number of hydrogen-bond donors (Lipinski definition) is 1. The highest BCUT2D eigenvalue weighted by Gasteiger charge is 2.21. The van der Waals surface area contributed by atoms with Crippen LogP contribution in [-0.4, -0.2) is 21.8 Å². The summed E-state index contributed by atoms with van der Waals surface area (Å²) in [6.45, 7) is 3.06. The van der Waals surface area contributed by atoms with Crippen molar-refractivity contribution in [1.82, 2.24) is 20.1 Å². The number of nitrogens with zero attached hydrogens (tertiary/aromatic N) is 3. The zero-order valence-electron chi connectivity index (χ0n) is 10.3. The predicted molar refractivity (Wildman–Crippen MR) is 64.1 cm³/mol. The molecule has 0 radical (unpaired) electrons. The Morgan fingerprint density at radius 3 is 2.75 bits per heavy atom. The second-order valence-corrected chi connectivity index (χ2v) is 4.75. The van der Waals surface area contributed by atoms with Gasteiger partial charge >= 0.3 is 0 Å². The largest absolute Gasteiger partial charge is 0.313 e. The van der Waals surface area contributed by atoms with Crippen molar-refractivity contribution in [3.8, 4) is 0 Å². The van der Waals surface area contributed by atoms with Crippen LogP contribution >= 0.6 is 0 Å². The minimum atomic E-state index is 0.584. The van der Waals surface area contributed by atoms with E-state index < -0.39 is 0 Å². The Morgan fingerprint density at radius 1 is 1.38 bits per heavy atom. The van der Waals surface area contributed by atoms with Crippen molar-refractivity contribution < 1.29 is 0 Å². The summed E-state index contributed by atoms with van der Waals surface area (Å²) in [6.07, 6.45) is 8.45. The summed E-state index contributed by atoms with van der Waals surface area (Å²) in [6, 6.07) is 0.584. The fourth-order valence-electron chi connectivity index (χ4n) is 2.54. The third-order valence-corrected chi connectivity index (χ3v) is 3.66. The highest BCUT2D eigenvalue weighted by atomic mass is 15.3. The SMILES string of the molecule is CCC1CCC(n2cnc(CNC)n2)CC1. The minimum absolute atomic E-state index is 0.584. The zero-order valence-corrected chi connectivity index (χ0v) is 10.3. The van der Waals surface area contributed by atoms with Crippen molar-refractivity contribution in [2.45, 2.75) is 51.6 Å². The van der Waals surface area contributed by atoms with E-state index in [0.717, 1.165) is 18.3 Å². The van der Waals surface area contributed by atoms with E-state index in [2.05, 4.69) is 27.0 Å². The van der Waals surface area contributed by atoms with Gasteiger partial charge in [0, 0.05) is 0 Å². The molecule has 16 heavy (non-hydrogen) atoms. The first-order chi connectivity index (χ1) is 7.83. The van der Waals surface area contributed by atoms with Gasteiger partial charge in [-0.3, -0.25) is 0 Å². The van der Waals surface area contributed by atoms with E-state index in [-0.39, 0.29) is 0 Å². The zero-order chi connectivity index (χ0) is 11.4. The molecule has 1 aromatic rings. The summed E-state index contributed by atoms with van der Waals surface area (Å²) >= 11 is 0. The van der Waals surface area contributed by atoms with E-state index in [0.29, 0.717) is 6.04 Å². The van der Waals surface area contributed by atoms with E-state index in [4.69, 9.17) is 0 Å². The summed E-state index contributed by atoms with van der Waals surface area (Å²) in [4.78, 5) is 4.31. The first-order valence-electron chi connectivity index (χ1n) is 6.38. The van der Waals surface area contributed by atoms with Gasteiger partial charge in [-0.2, -0.15) is 5.10 Å². The summed E-state index contributed by atoms with van der Waals surface area (Å²) in [5.74, 6) is 1.84. The molecular formula is C12H22N4. The fraction of sp³-hybridized carbons (Fsp3) is 0.833. The highest BCUT2D eigenvalue weighted by Crippen LogP contribution is 2.32. The van der Waals surface area contributed by atoms with Gasteiger partial charge in [0.1, 0.15) is 6.33 Å². The predicted octanol–water partition coefficient (Wildman–Crippen LogP) is 2.14. The minimum Gasteiger partial charge on any atom is -0.313 e. The average molecular weight is 222 g/mol. The Morgan fingerprint density at radius 2 is 2.12 bits per heavy atom. The van der Waals surface area contributed by atoms with Gasteiger partial charge in [-0.1, -0.05) is 13.3 Å². The molecule has 1 aliphatic rings. The van der Waals surface area contributed by atoms with Crippen LogP contribution in [-0.2, 0) is 6.54 Å². The second-order valence-electron chi connectivity index (χ2n) is 4.75. The summed E-state index contributed by atoms with van der Waals surface area (Å²) in [5, 5.41) is 7.60. The molecule has 0 spiro atoms. The first kappa shape index (κ1) is 11.6. The van der Waals surface area contributed by atoms with Crippen molar-refractivity contribution >= 4 is 0 Å². The molecule has 4 heteroatoms. The van der Waals surface area contributed by atoms with E-state index >= 15 is 0 Å². The third-order valence-electron chi connectivity index (χ3n) is 3.66. The van der Waals surface area contributed by atoms with Gasteiger partial charge in [0.15, 0.2) is 5.82 Å². The lowest BCUT2D eigenvalue weighted by Crippen LogP contribution is -2.18. The maximum atomic E-state index is 4.52. The number of hydrogen-bond acceptors (Lipinski definition) is 3. The summed E-state index contributed by atoms with van der Waals surface area (Å²) in [5.41, 5.74) is 0. The van der Waals surface area contributed by atoms with Crippen LogP contribution < -0.4 is 5.32 Å². The topological polar surface area (TPSA) is 42.7 Å². The van der Waals surface area contributed by atoms with Gasteiger partial charge in [-0.25, -0.2) is 9.67 Å². The number of rotatable bonds is 4. The van der Waals surface area contributed by atoms with Crippen molar-refractivity contribution in [3.05, 3.63) is 12.2 Å². The molecule has 0 atom stereocenters. The van der Waals surface area contributed by atoms with E-state index in [9.17, 15) is 0 Å². The normalized spacial score (nSPS) is 25.9. The molecule has 2 rings (SSSR count). The van der Waals surface area contributed by atoms with Crippen LogP contribution in [0.5, 0.6) is 0 Å². The maximum Gasteiger partial charge on any atom is 0.164 e. The summed E-state index contributed by atoms with van der Waals surface area (Å²) < 4.78 is 2.07. The quantitative estimate of drug-likeness (QED) is 0.848. The van der Waals surface area contributed by atoms with Crippen LogP contribution in [0.2, 0.25) is 0 Å². The molecule has 1 fully saturated rings. The lowest BCUT2D eigenvalue weighted by atomic mass is 9.85. The first-order valence-corrected chi connectivity index (χ1v) is 6.38. The van der Waals surface area contributed by atoms with Crippen LogP contribution in [0, 0.1) is 5.92 Å². The third kappa shape index (κ3) is 2.61. The van der Waals surface area contributed by atoms with Crippen LogP contribution in [0.15, 0.2) is 6.33 Å². The molecule has 1 aromatic heterocycles. The van der Waals surface area contributed by atoms with Crippen molar-refractivity contribution in [1.29, 1.82) is 0 Å². The van der Waals surface area contributed by atoms with Gasteiger partial charge in [-0.15, -0.1) is 0 Å². The van der Waals surface area contributed by atoms with E-state index in [1.54, 1.807) is 0 Å². The Balaban J connectivity index is 1.92. The fourth-order valence-corrected chi connectivity index (χ4v) is 2.54. The molecule has 0 amide bonds. The van der Waals surface area contributed by atoms with Gasteiger partial charge in [0.2, 0.25) is 0 Å². The molecule has 1 saturated carbocycles. The molecule has 0 aliphatic heterocycles. The van der Waals surface area contributed by atoms with E-state index in [1.165, 1.54) is 32.1 Å². The van der Waals surface area contributed by atoms with Crippen LogP contribution in [0.4, 0.5) is 0 Å². The van der Waals surface area contributed by atoms with Gasteiger partial charge < -0.3 is 5.32 Å². The van der Waals surface area contributed by atoms with Gasteiger partial charge in [0.25, 0.3) is 0 Å². The summed E-state index contributed by atoms with van der Waals surface area (Å²) in [7, 11) is 1.92. The highest BCUT2D eigenvalue weighted by molar-refractivity contribution is 4.84. The molecular weight excluding hydrogens is 200 g/mol. The van der Waals surface area contributed by atoms with Crippen molar-refractivity contribution in [2.75, 3.05) is 7.05 Å². The van der Waals surface area contributed by atoms with Crippen LogP contribution in [0.25, 0.3) is 0 Å². The Labute approximate surface area is 97.5 Å². The maximum absolute atomic E-state index is 4.52. The standard InChI is InChI=1S/C12H22N4/c1-3-10-4-6-11(7-5-10)16-9-14-12(15-16)8-13-2/h9-11,13H,3-8H2,1-2H3. The van der Waals surface area contributed by atoms with Crippen LogP contribution in [0.1, 0.15) is 50.9 Å². The van der Waals surface area contributed by atoms with Gasteiger partial charge in [-0.05, 0) is 38.6 Å². The Hall–Kier alpha value is -0.900. The number of nitrogens with one attached hydrogen (secondary N) is 1. The molecule has 0 bridgehead atoms. The lowest BCUT2D eigenvalue weighted by molar-refractivity contribution is 0.255. The molecule has 0 aromatic carbocycles. The average Bonchev–Trinajstić information content (AvgIpc) is 2.78. The van der Waals surface area contributed by atoms with E-state index in [1.807, 2.05) is 13.4 Å². The van der Waals surface area contributed by atoms with Crippen molar-refractivity contribution in [3.63, 3.8) is 0 Å². The second kappa shape index (κ2) is 5.43. The Bertz CT molecular complexity index is 313. The molecule has 1 aliphatic carbocycles. The molecule has 90 valence electrons. The van der Waals surface area contributed by atoms with Gasteiger partial charge in [0.05, 0.1) is 12.6 Å². The molecule has 1 N–H and O–H groups in total. The Kier molecular flexibility index (Phi) is 3.93. The lowest BCUT2D eigenvalue weighted by Gasteiger charge is -2.27.